The third-order valence-corrected chi connectivity index (χ3v) is 5.75. The first-order chi connectivity index (χ1) is 15.8. The molecule has 2 aromatic heterocycles. The van der Waals surface area contributed by atoms with E-state index in [9.17, 15) is 4.79 Å². The summed E-state index contributed by atoms with van der Waals surface area (Å²) >= 11 is 0. The van der Waals surface area contributed by atoms with Gasteiger partial charge in [0.15, 0.2) is 5.76 Å². The number of hydrogen-bond acceptors (Lipinski definition) is 4. The predicted octanol–water partition coefficient (Wildman–Crippen LogP) is 4.91. The van der Waals surface area contributed by atoms with Gasteiger partial charge in [0, 0.05) is 11.3 Å². The van der Waals surface area contributed by atoms with Crippen LogP contribution in [-0.4, -0.2) is 15.7 Å². The summed E-state index contributed by atoms with van der Waals surface area (Å²) in [5.41, 5.74) is 3.51. The van der Waals surface area contributed by atoms with Gasteiger partial charge in [0.1, 0.15) is 18.1 Å². The van der Waals surface area contributed by atoms with Gasteiger partial charge in [-0.2, -0.15) is 5.10 Å². The van der Waals surface area contributed by atoms with Crippen molar-refractivity contribution in [1.82, 2.24) is 15.1 Å². The molecule has 0 spiro atoms. The summed E-state index contributed by atoms with van der Waals surface area (Å²) < 4.78 is 13.5. The zero-order valence-corrected chi connectivity index (χ0v) is 17.7. The largest absolute Gasteiger partial charge is 0.486 e. The van der Waals surface area contributed by atoms with Gasteiger partial charge in [0.25, 0.3) is 5.91 Å². The highest BCUT2D eigenvalue weighted by Crippen LogP contribution is 2.30. The molecule has 0 aliphatic heterocycles. The van der Waals surface area contributed by atoms with Crippen LogP contribution >= 0.6 is 0 Å². The van der Waals surface area contributed by atoms with Crippen molar-refractivity contribution in [2.45, 2.75) is 38.5 Å². The van der Waals surface area contributed by atoms with Gasteiger partial charge in [-0.05, 0) is 49.1 Å². The van der Waals surface area contributed by atoms with Crippen LogP contribution in [0.25, 0.3) is 0 Å². The van der Waals surface area contributed by atoms with Crippen molar-refractivity contribution in [3.8, 4) is 5.75 Å². The summed E-state index contributed by atoms with van der Waals surface area (Å²) in [5.74, 6) is 1.45. The maximum absolute atomic E-state index is 12.8. The summed E-state index contributed by atoms with van der Waals surface area (Å²) in [6.07, 6.45) is 4.76. The lowest BCUT2D eigenvalue weighted by Crippen LogP contribution is -2.30. The van der Waals surface area contributed by atoms with Crippen molar-refractivity contribution >= 4 is 5.91 Å². The molecule has 1 N–H and O–H groups in total. The van der Waals surface area contributed by atoms with Crippen LogP contribution in [0.3, 0.4) is 0 Å². The van der Waals surface area contributed by atoms with Crippen LogP contribution in [-0.2, 0) is 19.6 Å². The van der Waals surface area contributed by atoms with E-state index in [1.54, 1.807) is 12.1 Å². The van der Waals surface area contributed by atoms with Crippen LogP contribution in [0.4, 0.5) is 0 Å². The maximum atomic E-state index is 12.8. The molecule has 1 aliphatic carbocycles. The molecule has 1 unspecified atom stereocenters. The number of carbonyl (C=O) groups excluding carboxylic acids is 1. The van der Waals surface area contributed by atoms with Gasteiger partial charge in [-0.15, -0.1) is 0 Å². The number of amides is 1. The van der Waals surface area contributed by atoms with Crippen LogP contribution in [0.5, 0.6) is 5.75 Å². The van der Waals surface area contributed by atoms with Crippen molar-refractivity contribution in [3.63, 3.8) is 0 Å². The number of fused-ring (bicyclic) bond motifs is 1. The summed E-state index contributed by atoms with van der Waals surface area (Å²) in [7, 11) is 0. The normalized spacial score (nSPS) is 15.2. The van der Waals surface area contributed by atoms with Crippen molar-refractivity contribution < 1.29 is 13.9 Å². The van der Waals surface area contributed by atoms with Crippen molar-refractivity contribution in [3.05, 3.63) is 107 Å². The van der Waals surface area contributed by atoms with E-state index < -0.39 is 0 Å². The second-order valence-corrected chi connectivity index (χ2v) is 7.98. The van der Waals surface area contributed by atoms with E-state index in [0.29, 0.717) is 11.5 Å². The van der Waals surface area contributed by atoms with Crippen LogP contribution in [0.2, 0.25) is 0 Å². The van der Waals surface area contributed by atoms with Gasteiger partial charge in [0.05, 0.1) is 18.8 Å². The Morgan fingerprint density at radius 2 is 1.84 bits per heavy atom. The molecule has 162 valence electrons. The molecule has 1 aliphatic rings. The van der Waals surface area contributed by atoms with Gasteiger partial charge < -0.3 is 14.5 Å². The minimum absolute atomic E-state index is 0.0649. The average molecular weight is 428 g/mol. The lowest BCUT2D eigenvalue weighted by Gasteiger charge is -2.24. The second-order valence-electron chi connectivity index (χ2n) is 7.98. The Labute approximate surface area is 186 Å². The van der Waals surface area contributed by atoms with Crippen LogP contribution in [0.15, 0.2) is 83.4 Å². The van der Waals surface area contributed by atoms with Crippen LogP contribution in [0, 0.1) is 0 Å². The third-order valence-electron chi connectivity index (χ3n) is 5.75. The molecule has 6 heteroatoms. The van der Waals surface area contributed by atoms with E-state index >= 15 is 0 Å². The molecule has 0 saturated heterocycles. The van der Waals surface area contributed by atoms with E-state index in [1.807, 2.05) is 54.7 Å². The molecule has 6 nitrogen and oxygen atoms in total. The minimum atomic E-state index is -0.218. The van der Waals surface area contributed by atoms with E-state index in [-0.39, 0.29) is 18.6 Å². The SMILES string of the molecule is O=C(NC1CCCc2c1cnn2Cc1ccccc1)c1ccc(COc2ccccc2)o1. The fraction of sp³-hybridized carbons (Fsp3) is 0.231. The van der Waals surface area contributed by atoms with E-state index in [0.717, 1.165) is 37.1 Å². The first kappa shape index (κ1) is 20.1. The van der Waals surface area contributed by atoms with Crippen molar-refractivity contribution in [2.24, 2.45) is 0 Å². The molecule has 0 radical (unpaired) electrons. The van der Waals surface area contributed by atoms with E-state index in [1.165, 1.54) is 11.3 Å². The Kier molecular flexibility index (Phi) is 5.75. The molecular weight excluding hydrogens is 402 g/mol. The number of para-hydroxylation sites is 1. The molecule has 1 amide bonds. The van der Waals surface area contributed by atoms with Gasteiger partial charge in [0.2, 0.25) is 0 Å². The molecule has 5 rings (SSSR count). The van der Waals surface area contributed by atoms with Gasteiger partial charge in [-0.3, -0.25) is 9.48 Å². The predicted molar refractivity (Wildman–Crippen MR) is 120 cm³/mol. The van der Waals surface area contributed by atoms with Gasteiger partial charge >= 0.3 is 0 Å². The highest BCUT2D eigenvalue weighted by atomic mass is 16.5. The Balaban J connectivity index is 1.24. The molecule has 32 heavy (non-hydrogen) atoms. The van der Waals surface area contributed by atoms with Crippen molar-refractivity contribution in [2.75, 3.05) is 0 Å². The summed E-state index contributed by atoms with van der Waals surface area (Å²) in [4.78, 5) is 12.8. The number of nitrogens with zero attached hydrogens (tertiary/aromatic N) is 2. The average Bonchev–Trinajstić information content (AvgIpc) is 3.47. The van der Waals surface area contributed by atoms with E-state index in [4.69, 9.17) is 9.15 Å². The molecule has 0 saturated carbocycles. The monoisotopic (exact) mass is 427 g/mol. The number of carbonyl (C=O) groups is 1. The summed E-state index contributed by atoms with van der Waals surface area (Å²) in [6.45, 7) is 1.01. The first-order valence-electron chi connectivity index (χ1n) is 10.9. The highest BCUT2D eigenvalue weighted by Gasteiger charge is 2.26. The molecule has 4 aromatic rings. The van der Waals surface area contributed by atoms with Crippen molar-refractivity contribution in [1.29, 1.82) is 0 Å². The lowest BCUT2D eigenvalue weighted by molar-refractivity contribution is 0.0900. The number of furan rings is 1. The standard InChI is InChI=1S/C26H25N3O3/c30-26(25-15-14-21(32-25)18-31-20-10-5-2-6-11-20)28-23-12-7-13-24-22(23)16-27-29(24)17-19-8-3-1-4-9-19/h1-6,8-11,14-16,23H,7,12-13,17-18H2,(H,28,30). The number of hydrogen-bond donors (Lipinski definition) is 1. The first-order valence-corrected chi connectivity index (χ1v) is 10.9. The van der Waals surface area contributed by atoms with Gasteiger partial charge in [-0.25, -0.2) is 0 Å². The lowest BCUT2D eigenvalue weighted by atomic mass is 9.93. The van der Waals surface area contributed by atoms with Crippen LogP contribution in [0.1, 0.15) is 52.0 Å². The summed E-state index contributed by atoms with van der Waals surface area (Å²) in [5, 5.41) is 7.73. The quantitative estimate of drug-likeness (QED) is 0.455. The molecule has 1 atom stereocenters. The molecule has 0 bridgehead atoms. The number of rotatable bonds is 7. The fourth-order valence-electron chi connectivity index (χ4n) is 4.14. The minimum Gasteiger partial charge on any atom is -0.486 e. The summed E-state index contributed by atoms with van der Waals surface area (Å²) in [6, 6.07) is 23.2. The second kappa shape index (κ2) is 9.14. The molecule has 0 fully saturated rings. The Morgan fingerprint density at radius 1 is 1.06 bits per heavy atom. The number of aromatic nitrogens is 2. The maximum Gasteiger partial charge on any atom is 0.287 e. The Hall–Kier alpha value is -3.80. The van der Waals surface area contributed by atoms with Gasteiger partial charge in [-0.1, -0.05) is 48.5 Å². The highest BCUT2D eigenvalue weighted by molar-refractivity contribution is 5.91. The zero-order valence-electron chi connectivity index (χ0n) is 17.7. The molecule has 2 aromatic carbocycles. The smallest absolute Gasteiger partial charge is 0.287 e. The Morgan fingerprint density at radius 3 is 2.66 bits per heavy atom. The number of benzene rings is 2. The van der Waals surface area contributed by atoms with E-state index in [2.05, 4.69) is 27.2 Å². The van der Waals surface area contributed by atoms with Crippen LogP contribution < -0.4 is 10.1 Å². The Bertz CT molecular complexity index is 1180. The zero-order chi connectivity index (χ0) is 21.8. The fourth-order valence-corrected chi connectivity index (χ4v) is 4.14. The number of ether oxygens (including phenoxy) is 1. The third kappa shape index (κ3) is 4.44. The topological polar surface area (TPSA) is 69.3 Å². The number of nitrogens with one attached hydrogen (secondary N) is 1. The molecular formula is C26H25N3O3. The molecule has 2 heterocycles.